The first-order chi connectivity index (χ1) is 8.49. The van der Waals surface area contributed by atoms with E-state index in [1.165, 1.54) is 18.2 Å². The summed E-state index contributed by atoms with van der Waals surface area (Å²) in [6.45, 7) is 1.91. The van der Waals surface area contributed by atoms with Crippen LogP contribution in [0, 0.1) is 11.3 Å². The maximum absolute atomic E-state index is 12.0. The lowest BCUT2D eigenvalue weighted by Crippen LogP contribution is -2.15. The van der Waals surface area contributed by atoms with Gasteiger partial charge in [0.2, 0.25) is 0 Å². The van der Waals surface area contributed by atoms with E-state index in [-0.39, 0.29) is 16.4 Å². The number of benzene rings is 1. The summed E-state index contributed by atoms with van der Waals surface area (Å²) in [5, 5.41) is 8.72. The first-order valence-corrected chi connectivity index (χ1v) is 8.71. The van der Waals surface area contributed by atoms with Crippen LogP contribution in [-0.4, -0.2) is 29.9 Å². The summed E-state index contributed by atoms with van der Waals surface area (Å²) >= 11 is 0. The van der Waals surface area contributed by atoms with Crippen molar-refractivity contribution < 1.29 is 12.6 Å². The van der Waals surface area contributed by atoms with Gasteiger partial charge in [-0.05, 0) is 24.6 Å². The van der Waals surface area contributed by atoms with Crippen molar-refractivity contribution >= 4 is 20.6 Å². The molecule has 0 N–H and O–H groups in total. The molecule has 0 spiro atoms. The van der Waals surface area contributed by atoms with Gasteiger partial charge in [-0.2, -0.15) is 5.26 Å². The zero-order valence-corrected chi connectivity index (χ0v) is 11.8. The number of sulfone groups is 1. The molecule has 1 unspecified atom stereocenters. The topological polar surface area (TPSA) is 75.0 Å². The summed E-state index contributed by atoms with van der Waals surface area (Å²) in [5.74, 6) is 0.523. The first-order valence-electron chi connectivity index (χ1n) is 5.57. The lowest BCUT2D eigenvalue weighted by molar-refractivity contribution is 0.597. The molecule has 18 heavy (non-hydrogen) atoms. The van der Waals surface area contributed by atoms with Crippen molar-refractivity contribution in [2.45, 2.75) is 18.2 Å². The van der Waals surface area contributed by atoms with Gasteiger partial charge in [0, 0.05) is 22.3 Å². The fourth-order valence-corrected chi connectivity index (χ4v) is 4.52. The highest BCUT2D eigenvalue weighted by molar-refractivity contribution is 7.93. The molecule has 0 saturated carbocycles. The van der Waals surface area contributed by atoms with Crippen molar-refractivity contribution in [2.75, 3.05) is 17.3 Å². The van der Waals surface area contributed by atoms with Crippen LogP contribution in [-0.2, 0) is 20.6 Å². The van der Waals surface area contributed by atoms with E-state index in [2.05, 4.69) is 0 Å². The van der Waals surface area contributed by atoms with Gasteiger partial charge in [-0.15, -0.1) is 0 Å². The SMILES string of the molecule is CCCS(=O)CCS(=O)(=O)c1cccc(C#N)c1. The first kappa shape index (κ1) is 14.9. The van der Waals surface area contributed by atoms with E-state index in [0.29, 0.717) is 11.3 Å². The monoisotopic (exact) mass is 285 g/mol. The van der Waals surface area contributed by atoms with Crippen LogP contribution in [0.15, 0.2) is 29.2 Å². The van der Waals surface area contributed by atoms with Gasteiger partial charge >= 0.3 is 0 Å². The van der Waals surface area contributed by atoms with E-state index in [1.807, 2.05) is 13.0 Å². The summed E-state index contributed by atoms with van der Waals surface area (Å²) in [7, 11) is -4.54. The number of nitriles is 1. The van der Waals surface area contributed by atoms with Crippen LogP contribution in [0.5, 0.6) is 0 Å². The Kier molecular flexibility index (Phi) is 5.51. The molecule has 0 fully saturated rings. The molecule has 4 nitrogen and oxygen atoms in total. The van der Waals surface area contributed by atoms with Crippen molar-refractivity contribution in [1.29, 1.82) is 5.26 Å². The van der Waals surface area contributed by atoms with E-state index in [1.54, 1.807) is 6.07 Å². The van der Waals surface area contributed by atoms with Gasteiger partial charge < -0.3 is 0 Å². The minimum atomic E-state index is -3.45. The van der Waals surface area contributed by atoms with Gasteiger partial charge in [0.1, 0.15) is 0 Å². The Morgan fingerprint density at radius 2 is 2.06 bits per heavy atom. The lowest BCUT2D eigenvalue weighted by Gasteiger charge is -2.04. The Morgan fingerprint density at radius 3 is 2.67 bits per heavy atom. The molecule has 1 aromatic carbocycles. The highest BCUT2D eigenvalue weighted by Gasteiger charge is 2.16. The van der Waals surface area contributed by atoms with Crippen molar-refractivity contribution in [3.05, 3.63) is 29.8 Å². The Hall–Kier alpha value is -1.19. The molecule has 0 heterocycles. The average molecular weight is 285 g/mol. The number of rotatable bonds is 6. The Balaban J connectivity index is 2.80. The molecule has 0 saturated heterocycles. The molecule has 1 aromatic rings. The highest BCUT2D eigenvalue weighted by Crippen LogP contribution is 2.13. The maximum atomic E-state index is 12.0. The molecular formula is C12H15NO3S2. The Labute approximate surface area is 110 Å². The smallest absolute Gasteiger partial charge is 0.179 e. The molecule has 1 rings (SSSR count). The molecular weight excluding hydrogens is 270 g/mol. The van der Waals surface area contributed by atoms with Gasteiger partial charge in [0.05, 0.1) is 22.3 Å². The van der Waals surface area contributed by atoms with Gasteiger partial charge in [-0.3, -0.25) is 4.21 Å². The summed E-state index contributed by atoms with van der Waals surface area (Å²) in [6, 6.07) is 7.79. The normalized spacial score (nSPS) is 12.9. The van der Waals surface area contributed by atoms with Gasteiger partial charge in [-0.1, -0.05) is 13.0 Å². The van der Waals surface area contributed by atoms with Gasteiger partial charge in [0.15, 0.2) is 9.84 Å². The quantitative estimate of drug-likeness (QED) is 0.793. The van der Waals surface area contributed by atoms with E-state index < -0.39 is 20.6 Å². The van der Waals surface area contributed by atoms with Crippen molar-refractivity contribution in [2.24, 2.45) is 0 Å². The van der Waals surface area contributed by atoms with Crippen LogP contribution in [0.25, 0.3) is 0 Å². The predicted molar refractivity (Wildman–Crippen MR) is 71.4 cm³/mol. The molecule has 98 valence electrons. The fourth-order valence-electron chi connectivity index (χ4n) is 1.41. The van der Waals surface area contributed by atoms with Gasteiger partial charge in [-0.25, -0.2) is 8.42 Å². The molecule has 0 aliphatic heterocycles. The Bertz CT molecular complexity index is 573. The van der Waals surface area contributed by atoms with E-state index >= 15 is 0 Å². The molecule has 0 bridgehead atoms. The maximum Gasteiger partial charge on any atom is 0.179 e. The summed E-state index contributed by atoms with van der Waals surface area (Å²) < 4.78 is 35.4. The molecule has 0 amide bonds. The zero-order valence-electron chi connectivity index (χ0n) is 10.1. The third-order valence-corrected chi connectivity index (χ3v) is 5.83. The second-order valence-electron chi connectivity index (χ2n) is 3.81. The predicted octanol–water partition coefficient (Wildman–Crippen LogP) is 1.49. The van der Waals surface area contributed by atoms with Crippen molar-refractivity contribution in [1.82, 2.24) is 0 Å². The van der Waals surface area contributed by atoms with Crippen LogP contribution >= 0.6 is 0 Å². The summed E-state index contributed by atoms with van der Waals surface area (Å²) in [4.78, 5) is 0.120. The van der Waals surface area contributed by atoms with E-state index in [4.69, 9.17) is 5.26 Å². The molecule has 0 aliphatic carbocycles. The third kappa shape index (κ3) is 4.24. The fraction of sp³-hybridized carbons (Fsp3) is 0.417. The second-order valence-corrected chi connectivity index (χ2v) is 7.61. The molecule has 0 radical (unpaired) electrons. The molecule has 1 atom stereocenters. The van der Waals surface area contributed by atoms with Crippen LogP contribution < -0.4 is 0 Å². The van der Waals surface area contributed by atoms with Crippen LogP contribution in [0.4, 0.5) is 0 Å². The minimum absolute atomic E-state index is 0.120. The van der Waals surface area contributed by atoms with Crippen LogP contribution in [0.1, 0.15) is 18.9 Å². The lowest BCUT2D eigenvalue weighted by atomic mass is 10.2. The molecule has 0 aliphatic rings. The largest absolute Gasteiger partial charge is 0.260 e. The highest BCUT2D eigenvalue weighted by atomic mass is 32.2. The number of hydrogen-bond donors (Lipinski definition) is 0. The van der Waals surface area contributed by atoms with Crippen LogP contribution in [0.2, 0.25) is 0 Å². The zero-order chi connectivity index (χ0) is 13.6. The third-order valence-electron chi connectivity index (χ3n) is 2.33. The van der Waals surface area contributed by atoms with Crippen molar-refractivity contribution in [3.8, 4) is 6.07 Å². The molecule has 0 aromatic heterocycles. The van der Waals surface area contributed by atoms with E-state index in [0.717, 1.165) is 6.42 Å². The molecule has 6 heteroatoms. The summed E-state index contributed by atoms with van der Waals surface area (Å²) in [5.41, 5.74) is 0.311. The Morgan fingerprint density at radius 1 is 1.33 bits per heavy atom. The number of nitrogens with zero attached hydrogens (tertiary/aromatic N) is 1. The van der Waals surface area contributed by atoms with E-state index in [9.17, 15) is 12.6 Å². The van der Waals surface area contributed by atoms with Crippen LogP contribution in [0.3, 0.4) is 0 Å². The summed E-state index contributed by atoms with van der Waals surface area (Å²) in [6.07, 6.45) is 0.774. The second kappa shape index (κ2) is 6.66. The van der Waals surface area contributed by atoms with Gasteiger partial charge in [0.25, 0.3) is 0 Å². The number of hydrogen-bond acceptors (Lipinski definition) is 4. The minimum Gasteiger partial charge on any atom is -0.260 e. The standard InChI is InChI=1S/C12H15NO3S2/c1-2-6-17(14)7-8-18(15,16)12-5-3-4-11(9-12)10-13/h3-5,9H,2,6-8H2,1H3. The van der Waals surface area contributed by atoms with Crippen molar-refractivity contribution in [3.63, 3.8) is 0 Å². The average Bonchev–Trinajstić information content (AvgIpc) is 2.37.